The van der Waals surface area contributed by atoms with Crippen LogP contribution in [-0.2, 0) is 6.18 Å². The van der Waals surface area contributed by atoms with Crippen molar-refractivity contribution >= 4 is 0 Å². The Hall–Kier alpha value is -1.24. The fourth-order valence-corrected chi connectivity index (χ4v) is 2.47. The zero-order valence-corrected chi connectivity index (χ0v) is 10.4. The average Bonchev–Trinajstić information content (AvgIpc) is 2.37. The molecule has 1 aromatic carbocycles. The van der Waals surface area contributed by atoms with Gasteiger partial charge in [-0.05, 0) is 37.1 Å². The van der Waals surface area contributed by atoms with Crippen molar-refractivity contribution in [3.8, 4) is 0 Å². The predicted octanol–water partition coefficient (Wildman–Crippen LogP) is 4.31. The monoisotopic (exact) mass is 297 g/mol. The number of halogens is 6. The maximum absolute atomic E-state index is 12.9. The number of alkyl halides is 6. The molecule has 1 aliphatic heterocycles. The van der Waals surface area contributed by atoms with Crippen LogP contribution >= 0.6 is 0 Å². The fraction of sp³-hybridized carbons (Fsp3) is 0.538. The van der Waals surface area contributed by atoms with E-state index in [1.165, 1.54) is 0 Å². The van der Waals surface area contributed by atoms with Crippen LogP contribution in [0.2, 0.25) is 0 Å². The van der Waals surface area contributed by atoms with E-state index in [9.17, 15) is 26.3 Å². The number of benzene rings is 1. The molecule has 7 heteroatoms. The van der Waals surface area contributed by atoms with Gasteiger partial charge in [-0.2, -0.15) is 26.3 Å². The second-order valence-electron chi connectivity index (χ2n) is 4.84. The predicted molar refractivity (Wildman–Crippen MR) is 61.0 cm³/mol. The molecule has 0 bridgehead atoms. The van der Waals surface area contributed by atoms with Crippen LogP contribution in [0.4, 0.5) is 26.3 Å². The minimum Gasteiger partial charge on any atom is -0.309 e. The average molecular weight is 297 g/mol. The van der Waals surface area contributed by atoms with Gasteiger partial charge in [0.15, 0.2) is 0 Å². The smallest absolute Gasteiger partial charge is 0.309 e. The van der Waals surface area contributed by atoms with Gasteiger partial charge in [-0.15, -0.1) is 0 Å². The Kier molecular flexibility index (Phi) is 4.00. The molecule has 1 nitrogen and oxygen atoms in total. The van der Waals surface area contributed by atoms with Gasteiger partial charge in [-0.3, -0.25) is 0 Å². The lowest BCUT2D eigenvalue weighted by atomic mass is 9.85. The van der Waals surface area contributed by atoms with E-state index < -0.39 is 29.9 Å². The first kappa shape index (κ1) is 15.2. The summed E-state index contributed by atoms with van der Waals surface area (Å²) < 4.78 is 76.1. The first-order chi connectivity index (χ1) is 9.19. The lowest BCUT2D eigenvalue weighted by Gasteiger charge is -2.34. The quantitative estimate of drug-likeness (QED) is 0.762. The van der Waals surface area contributed by atoms with Crippen LogP contribution in [0.1, 0.15) is 30.0 Å². The first-order valence-corrected chi connectivity index (χ1v) is 6.17. The Morgan fingerprint density at radius 2 is 1.55 bits per heavy atom. The van der Waals surface area contributed by atoms with Gasteiger partial charge in [0.25, 0.3) is 0 Å². The highest BCUT2D eigenvalue weighted by Crippen LogP contribution is 2.41. The summed E-state index contributed by atoms with van der Waals surface area (Å²) >= 11 is 0. The third kappa shape index (κ3) is 3.26. The van der Waals surface area contributed by atoms with Gasteiger partial charge in [0, 0.05) is 6.04 Å². The third-order valence-corrected chi connectivity index (χ3v) is 3.48. The Labute approximate surface area is 112 Å². The van der Waals surface area contributed by atoms with Crippen LogP contribution in [0.25, 0.3) is 0 Å². The van der Waals surface area contributed by atoms with Gasteiger partial charge >= 0.3 is 12.4 Å². The summed E-state index contributed by atoms with van der Waals surface area (Å²) in [6.07, 6.45) is -8.45. The van der Waals surface area contributed by atoms with Crippen molar-refractivity contribution in [1.29, 1.82) is 0 Å². The second kappa shape index (κ2) is 5.27. The van der Waals surface area contributed by atoms with E-state index in [1.54, 1.807) is 0 Å². The number of rotatable bonds is 1. The van der Waals surface area contributed by atoms with E-state index in [0.29, 0.717) is 13.0 Å². The molecule has 1 fully saturated rings. The van der Waals surface area contributed by atoms with E-state index in [4.69, 9.17) is 0 Å². The Morgan fingerprint density at radius 1 is 0.950 bits per heavy atom. The molecule has 1 aliphatic rings. The number of nitrogens with one attached hydrogen (secondary N) is 1. The van der Waals surface area contributed by atoms with Crippen LogP contribution < -0.4 is 5.32 Å². The van der Waals surface area contributed by atoms with Gasteiger partial charge < -0.3 is 5.32 Å². The Bertz CT molecular complexity index is 447. The van der Waals surface area contributed by atoms with Crippen molar-refractivity contribution in [2.75, 3.05) is 6.54 Å². The normalized spacial score (nSPS) is 24.7. The van der Waals surface area contributed by atoms with Crippen molar-refractivity contribution in [3.63, 3.8) is 0 Å². The molecule has 0 radical (unpaired) electrons. The molecule has 112 valence electrons. The lowest BCUT2D eigenvalue weighted by Crippen LogP contribution is -2.41. The zero-order valence-electron chi connectivity index (χ0n) is 10.4. The van der Waals surface area contributed by atoms with Crippen LogP contribution in [-0.4, -0.2) is 12.7 Å². The molecule has 20 heavy (non-hydrogen) atoms. The fourth-order valence-electron chi connectivity index (χ4n) is 2.47. The summed E-state index contributed by atoms with van der Waals surface area (Å²) in [5.41, 5.74) is -0.624. The maximum Gasteiger partial charge on any atom is 0.416 e. The van der Waals surface area contributed by atoms with Crippen molar-refractivity contribution in [2.45, 2.75) is 31.2 Å². The summed E-state index contributed by atoms with van der Waals surface area (Å²) in [5.74, 6) is -1.56. The summed E-state index contributed by atoms with van der Waals surface area (Å²) in [6.45, 7) is 0.429. The van der Waals surface area contributed by atoms with E-state index >= 15 is 0 Å². The number of hydrogen-bond acceptors (Lipinski definition) is 1. The molecule has 2 rings (SSSR count). The molecule has 0 saturated carbocycles. The van der Waals surface area contributed by atoms with Crippen LogP contribution in [0.5, 0.6) is 0 Å². The molecule has 2 unspecified atom stereocenters. The zero-order chi connectivity index (χ0) is 15.0. The van der Waals surface area contributed by atoms with E-state index in [0.717, 1.165) is 24.3 Å². The minimum absolute atomic E-state index is 0.0117. The van der Waals surface area contributed by atoms with Gasteiger partial charge in [0.1, 0.15) is 0 Å². The van der Waals surface area contributed by atoms with E-state index in [1.807, 2.05) is 0 Å². The highest BCUT2D eigenvalue weighted by Gasteiger charge is 2.46. The highest BCUT2D eigenvalue weighted by molar-refractivity contribution is 5.27. The molecule has 1 aromatic rings. The van der Waals surface area contributed by atoms with Crippen molar-refractivity contribution < 1.29 is 26.3 Å². The molecule has 0 aromatic heterocycles. The molecular formula is C13H13F6N. The van der Waals surface area contributed by atoms with Crippen LogP contribution in [0, 0.1) is 5.92 Å². The van der Waals surface area contributed by atoms with Crippen molar-refractivity contribution in [3.05, 3.63) is 35.4 Å². The van der Waals surface area contributed by atoms with Crippen LogP contribution in [0.3, 0.4) is 0 Å². The first-order valence-electron chi connectivity index (χ1n) is 6.17. The van der Waals surface area contributed by atoms with Gasteiger partial charge in [-0.25, -0.2) is 0 Å². The molecular weight excluding hydrogens is 284 g/mol. The van der Waals surface area contributed by atoms with Gasteiger partial charge in [0.2, 0.25) is 0 Å². The summed E-state index contributed by atoms with van der Waals surface area (Å²) in [4.78, 5) is 0. The summed E-state index contributed by atoms with van der Waals surface area (Å²) in [6, 6.07) is 2.89. The third-order valence-electron chi connectivity index (χ3n) is 3.48. The van der Waals surface area contributed by atoms with Crippen LogP contribution in [0.15, 0.2) is 24.3 Å². The Balaban J connectivity index is 2.25. The topological polar surface area (TPSA) is 12.0 Å². The molecule has 1 N–H and O–H groups in total. The molecule has 2 atom stereocenters. The standard InChI is InChI=1S/C13H13F6N/c14-12(15,16)9-5-3-8(4-6-9)11-10(13(17,18)19)2-1-7-20-11/h3-6,10-11,20H,1-2,7H2. The van der Waals surface area contributed by atoms with Crippen molar-refractivity contribution in [2.24, 2.45) is 5.92 Å². The number of piperidine rings is 1. The molecule has 0 aliphatic carbocycles. The summed E-state index contributed by atoms with van der Waals surface area (Å²) in [7, 11) is 0. The minimum atomic E-state index is -4.48. The van der Waals surface area contributed by atoms with Gasteiger partial charge in [-0.1, -0.05) is 12.1 Å². The molecule has 0 amide bonds. The molecule has 0 spiro atoms. The van der Waals surface area contributed by atoms with Gasteiger partial charge in [0.05, 0.1) is 11.5 Å². The van der Waals surface area contributed by atoms with E-state index in [-0.39, 0.29) is 12.0 Å². The molecule has 1 heterocycles. The SMILES string of the molecule is FC(F)(F)c1ccc(C2NCCCC2C(F)(F)F)cc1. The largest absolute Gasteiger partial charge is 0.416 e. The Morgan fingerprint density at radius 3 is 2.05 bits per heavy atom. The van der Waals surface area contributed by atoms with Crippen molar-refractivity contribution in [1.82, 2.24) is 5.32 Å². The maximum atomic E-state index is 12.9. The van der Waals surface area contributed by atoms with E-state index in [2.05, 4.69) is 5.32 Å². The molecule has 1 saturated heterocycles. The highest BCUT2D eigenvalue weighted by atomic mass is 19.4. The summed E-state index contributed by atoms with van der Waals surface area (Å²) in [5, 5.41) is 2.75. The second-order valence-corrected chi connectivity index (χ2v) is 4.84. The number of hydrogen-bond donors (Lipinski definition) is 1. The lowest BCUT2D eigenvalue weighted by molar-refractivity contribution is -0.189.